The Hall–Kier alpha value is -2.39. The van der Waals surface area contributed by atoms with Crippen LogP contribution in [0.15, 0.2) is 58.1 Å². The Morgan fingerprint density at radius 2 is 1.81 bits per heavy atom. The third-order valence-electron chi connectivity index (χ3n) is 3.44. The van der Waals surface area contributed by atoms with Crippen LogP contribution in [0.1, 0.15) is 12.5 Å². The lowest BCUT2D eigenvalue weighted by atomic mass is 10.1. The van der Waals surface area contributed by atoms with Crippen LogP contribution in [-0.2, 0) is 14.8 Å². The second kappa shape index (κ2) is 8.33. The number of halogens is 1. The quantitative estimate of drug-likeness (QED) is 0.533. The molecule has 138 valence electrons. The van der Waals surface area contributed by atoms with Gasteiger partial charge in [-0.05, 0) is 43.3 Å². The molecule has 0 aromatic heterocycles. The van der Waals surface area contributed by atoms with Crippen LogP contribution in [0.2, 0.25) is 0 Å². The maximum absolute atomic E-state index is 12.2. The highest BCUT2D eigenvalue weighted by molar-refractivity contribution is 9.10. The summed E-state index contributed by atoms with van der Waals surface area (Å²) in [5.74, 6) is -0.566. The largest absolute Gasteiger partial charge is 0.507 e. The van der Waals surface area contributed by atoms with Crippen molar-refractivity contribution in [3.8, 4) is 5.75 Å². The fourth-order valence-corrected chi connectivity index (χ4v) is 3.28. The Bertz CT molecular complexity index is 927. The lowest BCUT2D eigenvalue weighted by Crippen LogP contribution is -2.39. The molecular formula is C17H18BrN3O4S. The van der Waals surface area contributed by atoms with Crippen molar-refractivity contribution in [2.75, 3.05) is 17.1 Å². The zero-order valence-electron chi connectivity index (χ0n) is 14.2. The Morgan fingerprint density at radius 3 is 2.38 bits per heavy atom. The van der Waals surface area contributed by atoms with Crippen molar-refractivity contribution in [1.82, 2.24) is 5.43 Å². The van der Waals surface area contributed by atoms with E-state index in [0.717, 1.165) is 15.0 Å². The summed E-state index contributed by atoms with van der Waals surface area (Å²) in [7, 11) is -3.65. The van der Waals surface area contributed by atoms with Crippen LogP contribution in [0.25, 0.3) is 0 Å². The summed E-state index contributed by atoms with van der Waals surface area (Å²) in [4.78, 5) is 12.2. The van der Waals surface area contributed by atoms with E-state index in [1.807, 2.05) is 0 Å². The van der Waals surface area contributed by atoms with Crippen LogP contribution in [0.5, 0.6) is 5.75 Å². The maximum Gasteiger partial charge on any atom is 0.260 e. The molecule has 9 heteroatoms. The fraction of sp³-hybridized carbons (Fsp3) is 0.176. The molecule has 0 radical (unpaired) electrons. The van der Waals surface area contributed by atoms with Crippen molar-refractivity contribution < 1.29 is 18.3 Å². The molecule has 0 aliphatic heterocycles. The molecule has 0 heterocycles. The standard InChI is InChI=1S/C17H18BrN3O4S/c1-12(15-5-3-4-6-16(15)22)19-20-17(23)11-21(26(2,24)25)14-9-7-13(18)8-10-14/h3-10,22H,11H2,1-2H3,(H,20,23)/b19-12-. The highest BCUT2D eigenvalue weighted by Crippen LogP contribution is 2.20. The molecule has 0 atom stereocenters. The summed E-state index contributed by atoms with van der Waals surface area (Å²) >= 11 is 3.28. The Balaban J connectivity index is 2.14. The van der Waals surface area contributed by atoms with Crippen LogP contribution < -0.4 is 9.73 Å². The van der Waals surface area contributed by atoms with Gasteiger partial charge in [0.05, 0.1) is 17.7 Å². The number of aromatic hydroxyl groups is 1. The summed E-state index contributed by atoms with van der Waals surface area (Å²) in [5.41, 5.74) is 3.55. The first-order valence-corrected chi connectivity index (χ1v) is 10.2. The first kappa shape index (κ1) is 19.9. The molecule has 0 saturated heterocycles. The van der Waals surface area contributed by atoms with Gasteiger partial charge in [-0.25, -0.2) is 13.8 Å². The number of carbonyl (C=O) groups excluding carboxylic acids is 1. The van der Waals surface area contributed by atoms with E-state index in [1.165, 1.54) is 6.07 Å². The number of anilines is 1. The monoisotopic (exact) mass is 439 g/mol. The third kappa shape index (κ3) is 5.30. The van der Waals surface area contributed by atoms with E-state index in [9.17, 15) is 18.3 Å². The molecule has 0 spiro atoms. The zero-order valence-corrected chi connectivity index (χ0v) is 16.6. The van der Waals surface area contributed by atoms with Crippen LogP contribution in [0.3, 0.4) is 0 Å². The van der Waals surface area contributed by atoms with E-state index >= 15 is 0 Å². The number of phenols is 1. The average molecular weight is 440 g/mol. The third-order valence-corrected chi connectivity index (χ3v) is 5.11. The number of rotatable bonds is 6. The number of nitrogens with one attached hydrogen (secondary N) is 1. The van der Waals surface area contributed by atoms with E-state index in [-0.39, 0.29) is 5.75 Å². The number of benzene rings is 2. The summed E-state index contributed by atoms with van der Waals surface area (Å²) in [6.07, 6.45) is 1.03. The maximum atomic E-state index is 12.2. The van der Waals surface area contributed by atoms with Gasteiger partial charge in [0, 0.05) is 10.0 Å². The van der Waals surface area contributed by atoms with E-state index in [2.05, 4.69) is 26.5 Å². The minimum Gasteiger partial charge on any atom is -0.507 e. The van der Waals surface area contributed by atoms with Gasteiger partial charge in [0.25, 0.3) is 5.91 Å². The molecule has 0 aliphatic carbocycles. The topological polar surface area (TPSA) is 99.1 Å². The van der Waals surface area contributed by atoms with Gasteiger partial charge in [-0.3, -0.25) is 9.10 Å². The molecule has 0 bridgehead atoms. The highest BCUT2D eigenvalue weighted by Gasteiger charge is 2.20. The van der Waals surface area contributed by atoms with Gasteiger partial charge < -0.3 is 5.11 Å². The SMILES string of the molecule is C/C(=N/NC(=O)CN(c1ccc(Br)cc1)S(C)(=O)=O)c1ccccc1O. The predicted molar refractivity (Wildman–Crippen MR) is 105 cm³/mol. The number of hydrogen-bond acceptors (Lipinski definition) is 5. The van der Waals surface area contributed by atoms with E-state index in [4.69, 9.17) is 0 Å². The number of hydrogen-bond donors (Lipinski definition) is 2. The molecule has 2 aromatic carbocycles. The van der Waals surface area contributed by atoms with Gasteiger partial charge >= 0.3 is 0 Å². The van der Waals surface area contributed by atoms with Gasteiger partial charge in [0.1, 0.15) is 12.3 Å². The molecule has 2 rings (SSSR count). The molecule has 0 aliphatic rings. The van der Waals surface area contributed by atoms with Gasteiger partial charge in [0.2, 0.25) is 10.0 Å². The first-order chi connectivity index (χ1) is 12.2. The van der Waals surface area contributed by atoms with Gasteiger partial charge in [-0.15, -0.1) is 0 Å². The normalized spacial score (nSPS) is 11.9. The van der Waals surface area contributed by atoms with Crippen molar-refractivity contribution in [1.29, 1.82) is 0 Å². The molecule has 1 amide bonds. The Kier molecular flexibility index (Phi) is 6.38. The number of nitrogens with zero attached hydrogens (tertiary/aromatic N) is 2. The zero-order chi connectivity index (χ0) is 19.3. The molecule has 2 aromatic rings. The number of phenolic OH excluding ortho intramolecular Hbond substituents is 1. The molecule has 0 saturated carbocycles. The van der Waals surface area contributed by atoms with Gasteiger partial charge in [-0.1, -0.05) is 28.1 Å². The summed E-state index contributed by atoms with van der Waals surface area (Å²) in [6, 6.07) is 13.1. The number of sulfonamides is 1. The van der Waals surface area contributed by atoms with Crippen molar-refractivity contribution in [3.63, 3.8) is 0 Å². The minimum atomic E-state index is -3.65. The van der Waals surface area contributed by atoms with Crippen LogP contribution in [-0.4, -0.2) is 37.9 Å². The van der Waals surface area contributed by atoms with Gasteiger partial charge in [0.15, 0.2) is 0 Å². The lowest BCUT2D eigenvalue weighted by Gasteiger charge is -2.21. The summed E-state index contributed by atoms with van der Waals surface area (Å²) < 4.78 is 25.8. The average Bonchev–Trinajstić information content (AvgIpc) is 2.58. The lowest BCUT2D eigenvalue weighted by molar-refractivity contribution is -0.119. The second-order valence-corrected chi connectivity index (χ2v) is 8.32. The smallest absolute Gasteiger partial charge is 0.260 e. The molecule has 0 fully saturated rings. The van der Waals surface area contributed by atoms with Crippen LogP contribution in [0, 0.1) is 0 Å². The molecule has 26 heavy (non-hydrogen) atoms. The van der Waals surface area contributed by atoms with E-state index < -0.39 is 22.5 Å². The first-order valence-electron chi connectivity index (χ1n) is 7.53. The summed E-state index contributed by atoms with van der Waals surface area (Å²) in [6.45, 7) is 1.20. The minimum absolute atomic E-state index is 0.0376. The number of para-hydroxylation sites is 1. The number of hydrazone groups is 1. The van der Waals surface area contributed by atoms with Crippen molar-refractivity contribution in [3.05, 3.63) is 58.6 Å². The molecular weight excluding hydrogens is 422 g/mol. The van der Waals surface area contributed by atoms with Crippen molar-refractivity contribution in [2.45, 2.75) is 6.92 Å². The van der Waals surface area contributed by atoms with E-state index in [0.29, 0.717) is 17.0 Å². The van der Waals surface area contributed by atoms with Crippen LogP contribution in [0.4, 0.5) is 5.69 Å². The number of carbonyl (C=O) groups is 1. The Morgan fingerprint density at radius 1 is 1.19 bits per heavy atom. The van der Waals surface area contributed by atoms with Crippen LogP contribution >= 0.6 is 15.9 Å². The second-order valence-electron chi connectivity index (χ2n) is 5.50. The van der Waals surface area contributed by atoms with Gasteiger partial charge in [-0.2, -0.15) is 5.10 Å². The number of amides is 1. The Labute approximate surface area is 160 Å². The van der Waals surface area contributed by atoms with Crippen molar-refractivity contribution >= 4 is 43.3 Å². The van der Waals surface area contributed by atoms with Crippen molar-refractivity contribution in [2.24, 2.45) is 5.10 Å². The summed E-state index contributed by atoms with van der Waals surface area (Å²) in [5, 5.41) is 13.7. The molecule has 2 N–H and O–H groups in total. The predicted octanol–water partition coefficient (Wildman–Crippen LogP) is 2.46. The fourth-order valence-electron chi connectivity index (χ4n) is 2.16. The molecule has 7 nitrogen and oxygen atoms in total. The van der Waals surface area contributed by atoms with E-state index in [1.54, 1.807) is 49.4 Å². The highest BCUT2D eigenvalue weighted by atomic mass is 79.9. The molecule has 0 unspecified atom stereocenters.